The van der Waals surface area contributed by atoms with Crippen LogP contribution in [-0.2, 0) is 19.6 Å². The maximum Gasteiger partial charge on any atom is 0.252 e. The van der Waals surface area contributed by atoms with Gasteiger partial charge in [-0.15, -0.1) is 11.3 Å². The van der Waals surface area contributed by atoms with E-state index in [1.165, 1.54) is 15.6 Å². The number of methoxy groups -OCH3 is 1. The second kappa shape index (κ2) is 6.51. The number of rotatable bonds is 5. The van der Waals surface area contributed by atoms with Gasteiger partial charge in [0.1, 0.15) is 4.21 Å². The summed E-state index contributed by atoms with van der Waals surface area (Å²) in [5, 5.41) is 1.76. The van der Waals surface area contributed by atoms with Crippen molar-refractivity contribution < 1.29 is 17.9 Å². The number of hydrogen-bond acceptors (Lipinski definition) is 5. The second-order valence-electron chi connectivity index (χ2n) is 6.19. The van der Waals surface area contributed by atoms with Crippen LogP contribution in [0.4, 0.5) is 0 Å². The first-order valence-corrected chi connectivity index (χ1v) is 10.1. The molecule has 3 heterocycles. The lowest BCUT2D eigenvalue weighted by Crippen LogP contribution is -2.49. The van der Waals surface area contributed by atoms with E-state index in [4.69, 9.17) is 4.74 Å². The molecule has 2 aliphatic rings. The van der Waals surface area contributed by atoms with E-state index in [9.17, 15) is 13.2 Å². The molecule has 128 valence electrons. The summed E-state index contributed by atoms with van der Waals surface area (Å²) in [4.78, 5) is 14.6. The Morgan fingerprint density at radius 3 is 2.87 bits per heavy atom. The Kier molecular flexibility index (Phi) is 4.78. The minimum absolute atomic E-state index is 0.0839. The number of thiophene rings is 1. The average Bonchev–Trinajstić information content (AvgIpc) is 3.18. The molecule has 0 aromatic carbocycles. The first kappa shape index (κ1) is 16.9. The molecule has 0 radical (unpaired) electrons. The van der Waals surface area contributed by atoms with Gasteiger partial charge >= 0.3 is 0 Å². The monoisotopic (exact) mass is 358 g/mol. The predicted molar refractivity (Wildman–Crippen MR) is 87.8 cm³/mol. The fourth-order valence-corrected chi connectivity index (χ4v) is 6.23. The van der Waals surface area contributed by atoms with Gasteiger partial charge in [-0.25, -0.2) is 8.42 Å². The summed E-state index contributed by atoms with van der Waals surface area (Å²) in [6.07, 6.45) is 2.23. The predicted octanol–water partition coefficient (Wildman–Crippen LogP) is 1.40. The molecule has 8 heteroatoms. The molecule has 2 aliphatic heterocycles. The lowest BCUT2D eigenvalue weighted by atomic mass is 9.79. The number of ether oxygens (including phenoxy) is 1. The van der Waals surface area contributed by atoms with Crippen LogP contribution >= 0.6 is 11.3 Å². The van der Waals surface area contributed by atoms with Gasteiger partial charge in [0.15, 0.2) is 0 Å². The van der Waals surface area contributed by atoms with Crippen molar-refractivity contribution in [3.8, 4) is 0 Å². The third-order valence-corrected chi connectivity index (χ3v) is 8.02. The number of carbonyl (C=O) groups is 1. The summed E-state index contributed by atoms with van der Waals surface area (Å²) in [7, 11) is -1.87. The molecule has 1 amide bonds. The highest BCUT2D eigenvalue weighted by Gasteiger charge is 2.50. The Bertz CT molecular complexity index is 659. The van der Waals surface area contributed by atoms with Crippen LogP contribution in [0.2, 0.25) is 0 Å². The summed E-state index contributed by atoms with van der Waals surface area (Å²) < 4.78 is 32.4. The third kappa shape index (κ3) is 3.05. The molecule has 23 heavy (non-hydrogen) atoms. The number of carbonyl (C=O) groups excluding carboxylic acids is 1. The van der Waals surface area contributed by atoms with Crippen LogP contribution in [0.15, 0.2) is 21.7 Å². The maximum absolute atomic E-state index is 12.8. The van der Waals surface area contributed by atoms with E-state index in [1.807, 2.05) is 4.90 Å². The largest absolute Gasteiger partial charge is 0.383 e. The Hall–Kier alpha value is -0.960. The van der Waals surface area contributed by atoms with Crippen molar-refractivity contribution in [2.45, 2.75) is 23.5 Å². The number of sulfonamides is 1. The van der Waals surface area contributed by atoms with Gasteiger partial charge in [-0.2, -0.15) is 4.31 Å². The average molecular weight is 358 g/mol. The minimum Gasteiger partial charge on any atom is -0.383 e. The first-order valence-electron chi connectivity index (χ1n) is 7.82. The van der Waals surface area contributed by atoms with E-state index >= 15 is 0 Å². The maximum atomic E-state index is 12.8. The Labute approximate surface area is 141 Å². The van der Waals surface area contributed by atoms with E-state index in [-0.39, 0.29) is 5.91 Å². The lowest BCUT2D eigenvalue weighted by Gasteiger charge is -2.38. The molecule has 6 nitrogen and oxygen atoms in total. The Morgan fingerprint density at radius 2 is 2.17 bits per heavy atom. The van der Waals surface area contributed by atoms with Crippen LogP contribution in [-0.4, -0.2) is 63.4 Å². The number of hydrogen-bond donors (Lipinski definition) is 0. The third-order valence-electron chi connectivity index (χ3n) is 4.80. The van der Waals surface area contributed by atoms with Gasteiger partial charge in [-0.05, 0) is 30.7 Å². The van der Waals surface area contributed by atoms with Crippen molar-refractivity contribution in [3.63, 3.8) is 0 Å². The molecule has 1 aromatic heterocycles. The van der Waals surface area contributed by atoms with Crippen molar-refractivity contribution in [1.82, 2.24) is 9.21 Å². The minimum atomic E-state index is -3.48. The van der Waals surface area contributed by atoms with E-state index < -0.39 is 15.4 Å². The van der Waals surface area contributed by atoms with Gasteiger partial charge in [0.25, 0.3) is 10.0 Å². The molecule has 3 rings (SSSR count). The summed E-state index contributed by atoms with van der Waals surface area (Å²) >= 11 is 1.23. The zero-order valence-corrected chi connectivity index (χ0v) is 14.9. The Balaban J connectivity index is 1.78. The number of piperidine rings is 1. The normalized spacial score (nSPS) is 26.3. The summed E-state index contributed by atoms with van der Waals surface area (Å²) in [6.45, 7) is 2.58. The molecule has 1 atom stereocenters. The molecule has 0 saturated carbocycles. The van der Waals surface area contributed by atoms with Crippen molar-refractivity contribution >= 4 is 27.3 Å². The summed E-state index contributed by atoms with van der Waals surface area (Å²) in [6, 6.07) is 3.37. The lowest BCUT2D eigenvalue weighted by molar-refractivity contribution is -0.138. The van der Waals surface area contributed by atoms with Crippen LogP contribution in [0, 0.1) is 5.41 Å². The van der Waals surface area contributed by atoms with Crippen LogP contribution in [0.25, 0.3) is 0 Å². The van der Waals surface area contributed by atoms with E-state index in [2.05, 4.69) is 0 Å². The number of amides is 1. The molecule has 1 aromatic rings. The molecular formula is C15H22N2O4S2. The van der Waals surface area contributed by atoms with Gasteiger partial charge in [-0.3, -0.25) is 4.79 Å². The highest BCUT2D eigenvalue weighted by atomic mass is 32.2. The van der Waals surface area contributed by atoms with Gasteiger partial charge in [-0.1, -0.05) is 6.07 Å². The van der Waals surface area contributed by atoms with Crippen molar-refractivity contribution in [1.29, 1.82) is 0 Å². The standard InChI is InChI=1S/C15H22N2O4S2/c1-21-10-9-16-8-6-15(14(16)18)5-3-7-17(12-15)23(19,20)13-4-2-11-22-13/h2,4,11H,3,5-10,12H2,1H3/t15-/m1/s1. The SMILES string of the molecule is COCCN1CC[C@@]2(CCCN(S(=O)(=O)c3cccs3)C2)C1=O. The Morgan fingerprint density at radius 1 is 1.35 bits per heavy atom. The van der Waals surface area contributed by atoms with Crippen LogP contribution < -0.4 is 0 Å². The quantitative estimate of drug-likeness (QED) is 0.798. The zero-order valence-electron chi connectivity index (χ0n) is 13.2. The van der Waals surface area contributed by atoms with Gasteiger partial charge in [0.05, 0.1) is 12.0 Å². The molecule has 0 aliphatic carbocycles. The van der Waals surface area contributed by atoms with E-state index in [0.717, 1.165) is 19.3 Å². The van der Waals surface area contributed by atoms with Crippen LogP contribution in [0.3, 0.4) is 0 Å². The highest BCUT2D eigenvalue weighted by molar-refractivity contribution is 7.91. The molecule has 2 saturated heterocycles. The molecule has 1 spiro atoms. The molecule has 0 bridgehead atoms. The van der Waals surface area contributed by atoms with Crippen LogP contribution in [0.5, 0.6) is 0 Å². The van der Waals surface area contributed by atoms with E-state index in [0.29, 0.717) is 37.0 Å². The second-order valence-corrected chi connectivity index (χ2v) is 9.30. The fourth-order valence-electron chi connectivity index (χ4n) is 3.52. The molecule has 0 unspecified atom stereocenters. The van der Waals surface area contributed by atoms with Gasteiger partial charge in [0, 0.05) is 33.3 Å². The summed E-state index contributed by atoms with van der Waals surface area (Å²) in [5.41, 5.74) is -0.545. The molecule has 2 fully saturated rings. The van der Waals surface area contributed by atoms with E-state index in [1.54, 1.807) is 24.6 Å². The van der Waals surface area contributed by atoms with Crippen molar-refractivity contribution in [2.24, 2.45) is 5.41 Å². The van der Waals surface area contributed by atoms with Gasteiger partial charge in [0.2, 0.25) is 5.91 Å². The highest BCUT2D eigenvalue weighted by Crippen LogP contribution is 2.41. The smallest absolute Gasteiger partial charge is 0.252 e. The van der Waals surface area contributed by atoms with Gasteiger partial charge < -0.3 is 9.64 Å². The number of likely N-dealkylation sites (tertiary alicyclic amines) is 1. The summed E-state index contributed by atoms with van der Waals surface area (Å²) in [5.74, 6) is 0.0839. The molecular weight excluding hydrogens is 336 g/mol. The zero-order chi connectivity index (χ0) is 16.5. The molecule has 0 N–H and O–H groups in total. The van der Waals surface area contributed by atoms with Crippen molar-refractivity contribution in [3.05, 3.63) is 17.5 Å². The number of nitrogens with zero attached hydrogens (tertiary/aromatic N) is 2. The first-order chi connectivity index (χ1) is 11.0. The van der Waals surface area contributed by atoms with Crippen LogP contribution in [0.1, 0.15) is 19.3 Å². The van der Waals surface area contributed by atoms with Crippen molar-refractivity contribution in [2.75, 3.05) is 39.9 Å². The topological polar surface area (TPSA) is 66.9 Å². The fraction of sp³-hybridized carbons (Fsp3) is 0.667.